The number of rotatable bonds is 5. The van der Waals surface area contributed by atoms with E-state index < -0.39 is 0 Å². The summed E-state index contributed by atoms with van der Waals surface area (Å²) in [5.41, 5.74) is 2.87. The van der Waals surface area contributed by atoms with E-state index in [0.717, 1.165) is 11.8 Å². The van der Waals surface area contributed by atoms with Gasteiger partial charge in [-0.05, 0) is 75.3 Å². The van der Waals surface area contributed by atoms with Gasteiger partial charge in [0, 0.05) is 12.7 Å². The summed E-state index contributed by atoms with van der Waals surface area (Å²) in [4.78, 5) is 4.78. The molecule has 19 heavy (non-hydrogen) atoms. The van der Waals surface area contributed by atoms with Gasteiger partial charge in [0.05, 0.1) is 0 Å². The largest absolute Gasteiger partial charge is 0.333 e. The van der Waals surface area contributed by atoms with Gasteiger partial charge in [-0.2, -0.15) is 0 Å². The predicted molar refractivity (Wildman–Crippen MR) is 88.5 cm³/mol. The van der Waals surface area contributed by atoms with Gasteiger partial charge in [0.1, 0.15) is 5.75 Å². The Hall–Kier alpha value is -0.670. The summed E-state index contributed by atoms with van der Waals surface area (Å²) in [5, 5.41) is 0. The van der Waals surface area contributed by atoms with E-state index in [1.54, 1.807) is 0 Å². The van der Waals surface area contributed by atoms with E-state index in [4.69, 9.17) is 0 Å². The molecule has 0 amide bonds. The van der Waals surface area contributed by atoms with Gasteiger partial charge >= 0.3 is 0 Å². The molecule has 106 valence electrons. The zero-order chi connectivity index (χ0) is 13.7. The number of thiol groups is 1. The van der Waals surface area contributed by atoms with Crippen molar-refractivity contribution < 1.29 is 0 Å². The van der Waals surface area contributed by atoms with Crippen molar-refractivity contribution in [3.8, 4) is 0 Å². The maximum absolute atomic E-state index is 2.43. The van der Waals surface area contributed by atoms with Crippen molar-refractivity contribution in [1.82, 2.24) is 4.90 Å². The van der Waals surface area contributed by atoms with Crippen molar-refractivity contribution >= 4 is 17.4 Å². The van der Waals surface area contributed by atoms with Gasteiger partial charge < -0.3 is 9.80 Å². The van der Waals surface area contributed by atoms with Gasteiger partial charge in [0.2, 0.25) is 0 Å². The number of anilines is 1. The van der Waals surface area contributed by atoms with E-state index in [1.807, 2.05) is 0 Å². The molecule has 0 atom stereocenters. The molecular formula is C16H27N2S+. The van der Waals surface area contributed by atoms with E-state index >= 15 is 0 Å². The fraction of sp³-hybridized carbons (Fsp3) is 0.625. The molecule has 1 heterocycles. The predicted octanol–water partition coefficient (Wildman–Crippen LogP) is 2.72. The third kappa shape index (κ3) is 4.15. The molecule has 0 spiro atoms. The Morgan fingerprint density at radius 2 is 1.84 bits per heavy atom. The second kappa shape index (κ2) is 7.20. The number of benzene rings is 1. The fourth-order valence-corrected chi connectivity index (χ4v) is 3.34. The molecule has 1 aliphatic rings. The summed E-state index contributed by atoms with van der Waals surface area (Å²) in [5.74, 6) is 3.13. The molecule has 0 saturated carbocycles. The van der Waals surface area contributed by atoms with Gasteiger partial charge in [-0.25, -0.2) is 0 Å². The molecule has 2 nitrogen and oxygen atoms in total. The molecule has 3 heteroatoms. The summed E-state index contributed by atoms with van der Waals surface area (Å²) in [6.07, 6.45) is 2.61. The topological polar surface area (TPSA) is 6.48 Å². The highest BCUT2D eigenvalue weighted by atomic mass is 32.2. The minimum absolute atomic E-state index is 0.768. The van der Waals surface area contributed by atoms with Gasteiger partial charge in [-0.3, -0.25) is 0 Å². The first-order valence-corrected chi connectivity index (χ1v) is 8.60. The Morgan fingerprint density at radius 1 is 1.21 bits per heavy atom. The standard InChI is InChI=1S/C16H26N2S/c1-4-19-13-18(3)16-7-5-14(6-8-16)15-9-11-17(2)12-10-15/h5-8,15H,4,9-13H2,1-3H3/p+1. The Labute approximate surface area is 122 Å². The molecule has 1 aliphatic heterocycles. The van der Waals surface area contributed by atoms with Crippen LogP contribution in [0.5, 0.6) is 0 Å². The van der Waals surface area contributed by atoms with E-state index in [-0.39, 0.29) is 0 Å². The molecule has 0 radical (unpaired) electrons. The van der Waals surface area contributed by atoms with Crippen molar-refractivity contribution in [2.75, 3.05) is 43.7 Å². The van der Waals surface area contributed by atoms with Crippen molar-refractivity contribution in [3.05, 3.63) is 29.8 Å². The lowest BCUT2D eigenvalue weighted by molar-refractivity contribution is 0.255. The number of nitrogens with zero attached hydrogens (tertiary/aromatic N) is 2. The molecule has 1 saturated heterocycles. The van der Waals surface area contributed by atoms with Crippen LogP contribution in [0.3, 0.4) is 0 Å². The molecule has 1 fully saturated rings. The molecule has 0 unspecified atom stereocenters. The van der Waals surface area contributed by atoms with Crippen LogP contribution in [0, 0.1) is 0 Å². The Balaban J connectivity index is 1.94. The molecular weight excluding hydrogens is 252 g/mol. The SMILES string of the molecule is CC[SH+]CN(C)c1ccc(C2CCN(C)CC2)cc1. The average Bonchev–Trinajstić information content (AvgIpc) is 2.46. The van der Waals surface area contributed by atoms with Crippen LogP contribution >= 0.6 is 0 Å². The van der Waals surface area contributed by atoms with Crippen molar-refractivity contribution in [1.29, 1.82) is 0 Å². The number of likely N-dealkylation sites (tertiary alicyclic amines) is 1. The van der Waals surface area contributed by atoms with Gasteiger partial charge in [0.25, 0.3) is 0 Å². The van der Waals surface area contributed by atoms with Crippen LogP contribution in [0.25, 0.3) is 0 Å². The van der Waals surface area contributed by atoms with Crippen LogP contribution in [-0.4, -0.2) is 43.7 Å². The smallest absolute Gasteiger partial charge is 0.178 e. The summed E-state index contributed by atoms with van der Waals surface area (Å²) in [7, 11) is 4.41. The minimum atomic E-state index is 0.768. The van der Waals surface area contributed by atoms with E-state index in [1.165, 1.54) is 54.7 Å². The van der Waals surface area contributed by atoms with Crippen LogP contribution in [-0.2, 0) is 11.8 Å². The zero-order valence-corrected chi connectivity index (χ0v) is 13.4. The van der Waals surface area contributed by atoms with Crippen molar-refractivity contribution in [2.45, 2.75) is 25.7 Å². The van der Waals surface area contributed by atoms with Crippen LogP contribution in [0.1, 0.15) is 31.2 Å². The average molecular weight is 279 g/mol. The van der Waals surface area contributed by atoms with Crippen LogP contribution in [0.2, 0.25) is 0 Å². The van der Waals surface area contributed by atoms with Crippen molar-refractivity contribution in [2.24, 2.45) is 0 Å². The van der Waals surface area contributed by atoms with Crippen LogP contribution < -0.4 is 4.90 Å². The van der Waals surface area contributed by atoms with Crippen LogP contribution in [0.4, 0.5) is 5.69 Å². The molecule has 2 rings (SSSR count). The van der Waals surface area contributed by atoms with E-state index in [0.29, 0.717) is 0 Å². The summed E-state index contributed by atoms with van der Waals surface area (Å²) < 4.78 is 0. The molecule has 0 N–H and O–H groups in total. The maximum Gasteiger partial charge on any atom is 0.178 e. The van der Waals surface area contributed by atoms with Crippen molar-refractivity contribution in [3.63, 3.8) is 0 Å². The maximum atomic E-state index is 2.43. The molecule has 0 aromatic heterocycles. The number of hydrogen-bond acceptors (Lipinski definition) is 2. The second-order valence-electron chi connectivity index (χ2n) is 5.55. The van der Waals surface area contributed by atoms with Gasteiger partial charge in [-0.15, -0.1) is 0 Å². The highest BCUT2D eigenvalue weighted by Gasteiger charge is 2.18. The first-order valence-electron chi connectivity index (χ1n) is 7.33. The summed E-state index contributed by atoms with van der Waals surface area (Å²) >= 11 is 1.50. The normalized spacial score (nSPS) is 17.6. The Morgan fingerprint density at radius 3 is 2.42 bits per heavy atom. The molecule has 0 aliphatic carbocycles. The van der Waals surface area contributed by atoms with E-state index in [9.17, 15) is 0 Å². The van der Waals surface area contributed by atoms with Gasteiger partial charge in [0.15, 0.2) is 5.88 Å². The van der Waals surface area contributed by atoms with Gasteiger partial charge in [-0.1, -0.05) is 12.1 Å². The Kier molecular flexibility index (Phi) is 5.59. The zero-order valence-electron chi connectivity index (χ0n) is 12.5. The summed E-state index contributed by atoms with van der Waals surface area (Å²) in [6.45, 7) is 4.71. The third-order valence-corrected chi connectivity index (χ3v) is 5.13. The first-order chi connectivity index (χ1) is 9.20. The lowest BCUT2D eigenvalue weighted by Crippen LogP contribution is -2.29. The lowest BCUT2D eigenvalue weighted by Gasteiger charge is -2.29. The summed E-state index contributed by atoms with van der Waals surface area (Å²) in [6, 6.07) is 9.26. The number of piperidine rings is 1. The minimum Gasteiger partial charge on any atom is -0.333 e. The fourth-order valence-electron chi connectivity index (χ4n) is 2.67. The molecule has 0 bridgehead atoms. The molecule has 1 aromatic rings. The quantitative estimate of drug-likeness (QED) is 0.604. The Bertz CT molecular complexity index is 369. The highest BCUT2D eigenvalue weighted by molar-refractivity contribution is 7.78. The monoisotopic (exact) mass is 279 g/mol. The third-order valence-electron chi connectivity index (χ3n) is 4.06. The first kappa shape index (κ1) is 14.7. The molecule has 1 aromatic carbocycles. The second-order valence-corrected chi connectivity index (χ2v) is 6.91. The lowest BCUT2D eigenvalue weighted by atomic mass is 9.89. The number of hydrogen-bond donors (Lipinski definition) is 0. The highest BCUT2D eigenvalue weighted by Crippen LogP contribution is 2.28. The van der Waals surface area contributed by atoms with Crippen LogP contribution in [0.15, 0.2) is 24.3 Å². The van der Waals surface area contributed by atoms with E-state index in [2.05, 4.69) is 55.1 Å².